The van der Waals surface area contributed by atoms with Gasteiger partial charge in [-0.2, -0.15) is 0 Å². The van der Waals surface area contributed by atoms with Crippen LogP contribution in [0.4, 0.5) is 0 Å². The van der Waals surface area contributed by atoms with E-state index >= 15 is 0 Å². The molecule has 0 aliphatic heterocycles. The summed E-state index contributed by atoms with van der Waals surface area (Å²) in [6.07, 6.45) is 0. The Balaban J connectivity index is 0.000000282. The Bertz CT molecular complexity index is 552. The summed E-state index contributed by atoms with van der Waals surface area (Å²) in [5.41, 5.74) is 2.02. The van der Waals surface area contributed by atoms with Crippen LogP contribution in [0.1, 0.15) is 45.7 Å². The van der Waals surface area contributed by atoms with Crippen molar-refractivity contribution in [3.05, 3.63) is 70.8 Å². The zero-order valence-corrected chi connectivity index (χ0v) is 12.3. The average Bonchev–Trinajstić information content (AvgIpc) is 2.54. The van der Waals surface area contributed by atoms with E-state index in [1.165, 1.54) is 0 Å². The molecule has 0 amide bonds. The molecule has 2 aromatic rings. The summed E-state index contributed by atoms with van der Waals surface area (Å²) in [6.45, 7) is 5.67. The molecule has 108 valence electrons. The number of ketones is 2. The highest BCUT2D eigenvalue weighted by atomic mass is 16.5. The molecule has 21 heavy (non-hydrogen) atoms. The van der Waals surface area contributed by atoms with E-state index in [2.05, 4.69) is 0 Å². The predicted molar refractivity (Wildman–Crippen MR) is 81.9 cm³/mol. The maximum atomic E-state index is 12.1. The summed E-state index contributed by atoms with van der Waals surface area (Å²) in [7, 11) is 0. The minimum Gasteiger partial charge on any atom is -0.382 e. The Kier molecular flexibility index (Phi) is 5.01. The third-order valence-electron chi connectivity index (χ3n) is 3.24. The molecule has 0 saturated heterocycles. The van der Waals surface area contributed by atoms with E-state index in [0.29, 0.717) is 22.3 Å². The second-order valence-electron chi connectivity index (χ2n) is 4.53. The van der Waals surface area contributed by atoms with Crippen molar-refractivity contribution >= 4 is 11.6 Å². The molecule has 3 nitrogen and oxygen atoms in total. The Morgan fingerprint density at radius 1 is 0.667 bits per heavy atom. The maximum absolute atomic E-state index is 12.1. The minimum atomic E-state index is -0.0641. The lowest BCUT2D eigenvalue weighted by Crippen LogP contribution is -2.20. The summed E-state index contributed by atoms with van der Waals surface area (Å²) in [6, 6.07) is 13.9. The van der Waals surface area contributed by atoms with Crippen LogP contribution in [0.3, 0.4) is 0 Å². The van der Waals surface area contributed by atoms with Gasteiger partial charge in [0.15, 0.2) is 11.6 Å². The van der Waals surface area contributed by atoms with Crippen molar-refractivity contribution in [2.24, 2.45) is 0 Å². The van der Waals surface area contributed by atoms with Gasteiger partial charge in [0.1, 0.15) is 0 Å². The zero-order chi connectivity index (χ0) is 15.2. The van der Waals surface area contributed by atoms with Crippen molar-refractivity contribution in [3.63, 3.8) is 0 Å². The smallest absolute Gasteiger partial charge is 0.194 e. The predicted octanol–water partition coefficient (Wildman–Crippen LogP) is 3.50. The third-order valence-corrected chi connectivity index (χ3v) is 3.24. The summed E-state index contributed by atoms with van der Waals surface area (Å²) < 4.78 is 4.83. The molecule has 2 aromatic carbocycles. The van der Waals surface area contributed by atoms with E-state index in [4.69, 9.17) is 4.74 Å². The fourth-order valence-electron chi connectivity index (χ4n) is 2.25. The Morgan fingerprint density at radius 3 is 1.14 bits per heavy atom. The molecule has 0 heterocycles. The average molecular weight is 282 g/mol. The zero-order valence-electron chi connectivity index (χ0n) is 12.3. The molecule has 0 spiro atoms. The number of carbonyl (C=O) groups excluding carboxylic acids is 2. The number of benzene rings is 2. The molecule has 0 atom stereocenters. The molecule has 0 bridgehead atoms. The molecule has 0 aromatic heterocycles. The van der Waals surface area contributed by atoms with Crippen LogP contribution in [0.2, 0.25) is 0 Å². The van der Waals surface area contributed by atoms with Crippen molar-refractivity contribution in [2.45, 2.75) is 13.8 Å². The molecule has 0 radical (unpaired) electrons. The van der Waals surface area contributed by atoms with Crippen LogP contribution in [0.15, 0.2) is 48.5 Å². The number of hydrogen-bond acceptors (Lipinski definition) is 3. The standard InChI is InChI=1S/C14H8O2.C4H10O/c15-13-9-5-1-2-6-10(9)14(16)12-8-4-3-7-11(12)13;1-3-5-4-2/h1-8H;3-4H2,1-2H3. The molecule has 1 aliphatic carbocycles. The van der Waals surface area contributed by atoms with Crippen molar-refractivity contribution in [1.82, 2.24) is 0 Å². The summed E-state index contributed by atoms with van der Waals surface area (Å²) in [4.78, 5) is 24.2. The van der Waals surface area contributed by atoms with Gasteiger partial charge in [-0.1, -0.05) is 48.5 Å². The Morgan fingerprint density at radius 2 is 0.952 bits per heavy atom. The lowest BCUT2D eigenvalue weighted by molar-refractivity contribution is 0.0979. The topological polar surface area (TPSA) is 43.4 Å². The molecule has 1 aliphatic rings. The van der Waals surface area contributed by atoms with Crippen LogP contribution in [-0.2, 0) is 4.74 Å². The fraction of sp³-hybridized carbons (Fsp3) is 0.222. The molecule has 3 heteroatoms. The van der Waals surface area contributed by atoms with Crippen molar-refractivity contribution in [1.29, 1.82) is 0 Å². The fourth-order valence-corrected chi connectivity index (χ4v) is 2.25. The second kappa shape index (κ2) is 6.95. The van der Waals surface area contributed by atoms with E-state index in [1.807, 2.05) is 13.8 Å². The number of ether oxygens (including phenoxy) is 1. The molecule has 0 fully saturated rings. The van der Waals surface area contributed by atoms with Crippen LogP contribution in [0.5, 0.6) is 0 Å². The highest BCUT2D eigenvalue weighted by molar-refractivity contribution is 6.28. The van der Waals surface area contributed by atoms with E-state index < -0.39 is 0 Å². The van der Waals surface area contributed by atoms with Crippen LogP contribution in [0, 0.1) is 0 Å². The van der Waals surface area contributed by atoms with Gasteiger partial charge in [-0.05, 0) is 13.8 Å². The van der Waals surface area contributed by atoms with Crippen molar-refractivity contribution in [3.8, 4) is 0 Å². The molecule has 0 saturated carbocycles. The number of rotatable bonds is 2. The van der Waals surface area contributed by atoms with Gasteiger partial charge < -0.3 is 4.74 Å². The van der Waals surface area contributed by atoms with E-state index in [0.717, 1.165) is 13.2 Å². The highest BCUT2D eigenvalue weighted by Gasteiger charge is 2.28. The first-order chi connectivity index (χ1) is 10.2. The van der Waals surface area contributed by atoms with Crippen LogP contribution in [0.25, 0.3) is 0 Å². The van der Waals surface area contributed by atoms with Crippen molar-refractivity contribution < 1.29 is 14.3 Å². The molecule has 0 N–H and O–H groups in total. The van der Waals surface area contributed by atoms with Gasteiger partial charge in [0, 0.05) is 35.5 Å². The second-order valence-corrected chi connectivity index (χ2v) is 4.53. The van der Waals surface area contributed by atoms with E-state index in [1.54, 1.807) is 48.5 Å². The van der Waals surface area contributed by atoms with Crippen molar-refractivity contribution in [2.75, 3.05) is 13.2 Å². The maximum Gasteiger partial charge on any atom is 0.194 e. The van der Waals surface area contributed by atoms with Crippen LogP contribution < -0.4 is 0 Å². The van der Waals surface area contributed by atoms with Gasteiger partial charge >= 0.3 is 0 Å². The lowest BCUT2D eigenvalue weighted by atomic mass is 9.84. The monoisotopic (exact) mass is 282 g/mol. The minimum absolute atomic E-state index is 0.0641. The largest absolute Gasteiger partial charge is 0.382 e. The van der Waals surface area contributed by atoms with Crippen LogP contribution in [-0.4, -0.2) is 24.8 Å². The number of fused-ring (bicyclic) bond motifs is 2. The van der Waals surface area contributed by atoms with Gasteiger partial charge in [-0.3, -0.25) is 9.59 Å². The number of carbonyl (C=O) groups is 2. The summed E-state index contributed by atoms with van der Waals surface area (Å²) in [5.74, 6) is -0.128. The van der Waals surface area contributed by atoms with Gasteiger partial charge in [0.2, 0.25) is 0 Å². The quantitative estimate of drug-likeness (QED) is 0.722. The lowest BCUT2D eigenvalue weighted by Gasteiger charge is -2.16. The number of hydrogen-bond donors (Lipinski definition) is 0. The van der Waals surface area contributed by atoms with Crippen LogP contribution >= 0.6 is 0 Å². The summed E-state index contributed by atoms with van der Waals surface area (Å²) >= 11 is 0. The highest BCUT2D eigenvalue weighted by Crippen LogP contribution is 2.26. The molecular formula is C18H18O3. The first-order valence-electron chi connectivity index (χ1n) is 7.05. The molecule has 3 rings (SSSR count). The SMILES string of the molecule is CCOCC.O=C1c2ccccc2C(=O)c2ccccc21. The molecule has 0 unspecified atom stereocenters. The summed E-state index contributed by atoms with van der Waals surface area (Å²) in [5, 5.41) is 0. The van der Waals surface area contributed by atoms with Gasteiger partial charge in [0.05, 0.1) is 0 Å². The van der Waals surface area contributed by atoms with Gasteiger partial charge in [-0.15, -0.1) is 0 Å². The Labute approximate surface area is 124 Å². The van der Waals surface area contributed by atoms with Gasteiger partial charge in [-0.25, -0.2) is 0 Å². The molecular weight excluding hydrogens is 264 g/mol. The Hall–Kier alpha value is -2.26. The normalized spacial score (nSPS) is 12.1. The van der Waals surface area contributed by atoms with E-state index in [-0.39, 0.29) is 11.6 Å². The first kappa shape index (κ1) is 15.1. The van der Waals surface area contributed by atoms with E-state index in [9.17, 15) is 9.59 Å². The van der Waals surface area contributed by atoms with Gasteiger partial charge in [0.25, 0.3) is 0 Å². The third kappa shape index (κ3) is 3.09. The first-order valence-corrected chi connectivity index (χ1v) is 7.05.